The lowest BCUT2D eigenvalue weighted by molar-refractivity contribution is -0.00186. The number of ether oxygens (including phenoxy) is 1. The number of aromatic nitrogens is 2. The molecular weight excluding hydrogens is 314 g/mol. The molecule has 1 aromatic heterocycles. The molecule has 0 radical (unpaired) electrons. The maximum atomic E-state index is 11.9. The van der Waals surface area contributed by atoms with E-state index < -0.39 is 5.60 Å². The van der Waals surface area contributed by atoms with Crippen molar-refractivity contribution in [2.24, 2.45) is 11.8 Å². The Morgan fingerprint density at radius 3 is 2.74 bits per heavy atom. The van der Waals surface area contributed by atoms with Gasteiger partial charge in [0.05, 0.1) is 5.75 Å². The quantitative estimate of drug-likeness (QED) is 0.790. The zero-order chi connectivity index (χ0) is 17.0. The van der Waals surface area contributed by atoms with E-state index in [0.29, 0.717) is 30.8 Å². The number of hydrogen-bond donors (Lipinski definition) is 0. The van der Waals surface area contributed by atoms with Crippen LogP contribution in [0.4, 0.5) is 4.79 Å². The van der Waals surface area contributed by atoms with Crippen molar-refractivity contribution in [1.29, 1.82) is 0 Å². The predicted molar refractivity (Wildman–Crippen MR) is 90.3 cm³/mol. The largest absolute Gasteiger partial charge is 0.444 e. The van der Waals surface area contributed by atoms with Crippen LogP contribution in [0.25, 0.3) is 0 Å². The third-order valence-corrected chi connectivity index (χ3v) is 4.63. The summed E-state index contributed by atoms with van der Waals surface area (Å²) in [5, 5.41) is 4.01. The standard InChI is InChI=1S/C16H27N3O3S/c1-11(2)9-23-10-13-17-14(22-18-13)6-12-7-19(8-12)15(20)21-16(3,4)5/h11-12H,6-10H2,1-5H3. The number of hydrogen-bond acceptors (Lipinski definition) is 6. The van der Waals surface area contributed by atoms with Gasteiger partial charge in [0, 0.05) is 25.4 Å². The SMILES string of the molecule is CC(C)CSCc1noc(CC2CN(C(=O)OC(C)(C)C)C2)n1. The molecule has 1 aliphatic heterocycles. The smallest absolute Gasteiger partial charge is 0.410 e. The van der Waals surface area contributed by atoms with E-state index in [1.54, 1.807) is 4.90 Å². The molecule has 0 saturated carbocycles. The molecule has 0 N–H and O–H groups in total. The minimum absolute atomic E-state index is 0.245. The van der Waals surface area contributed by atoms with Gasteiger partial charge >= 0.3 is 6.09 Å². The van der Waals surface area contributed by atoms with E-state index in [-0.39, 0.29) is 6.09 Å². The molecular formula is C16H27N3O3S. The number of thioether (sulfide) groups is 1. The topological polar surface area (TPSA) is 68.5 Å². The van der Waals surface area contributed by atoms with Crippen molar-refractivity contribution in [3.8, 4) is 0 Å². The number of likely N-dealkylation sites (tertiary alicyclic amines) is 1. The van der Waals surface area contributed by atoms with Crippen molar-refractivity contribution < 1.29 is 14.1 Å². The molecule has 1 aliphatic rings. The van der Waals surface area contributed by atoms with Crippen LogP contribution in [0, 0.1) is 11.8 Å². The fraction of sp³-hybridized carbons (Fsp3) is 0.812. The van der Waals surface area contributed by atoms with Gasteiger partial charge in [0.1, 0.15) is 5.60 Å². The first-order valence-electron chi connectivity index (χ1n) is 8.10. The van der Waals surface area contributed by atoms with E-state index in [1.807, 2.05) is 32.5 Å². The van der Waals surface area contributed by atoms with E-state index in [1.165, 1.54) is 0 Å². The summed E-state index contributed by atoms with van der Waals surface area (Å²) in [6, 6.07) is 0. The van der Waals surface area contributed by atoms with Crippen LogP contribution in [0.5, 0.6) is 0 Å². The van der Waals surface area contributed by atoms with Crippen molar-refractivity contribution in [3.05, 3.63) is 11.7 Å². The van der Waals surface area contributed by atoms with Crippen LogP contribution in [-0.4, -0.2) is 45.6 Å². The lowest BCUT2D eigenvalue weighted by Crippen LogP contribution is -2.52. The van der Waals surface area contributed by atoms with Gasteiger partial charge in [-0.25, -0.2) is 4.79 Å². The first-order chi connectivity index (χ1) is 10.7. The third-order valence-electron chi connectivity index (χ3n) is 3.26. The molecule has 2 heterocycles. The van der Waals surface area contributed by atoms with Crippen LogP contribution >= 0.6 is 11.8 Å². The van der Waals surface area contributed by atoms with Crippen LogP contribution in [0.2, 0.25) is 0 Å². The summed E-state index contributed by atoms with van der Waals surface area (Å²) in [6.07, 6.45) is 0.478. The van der Waals surface area contributed by atoms with Crippen molar-refractivity contribution >= 4 is 17.9 Å². The predicted octanol–water partition coefficient (Wildman–Crippen LogP) is 3.37. The summed E-state index contributed by atoms with van der Waals surface area (Å²) >= 11 is 1.82. The van der Waals surface area contributed by atoms with E-state index >= 15 is 0 Å². The molecule has 0 atom stereocenters. The van der Waals surface area contributed by atoms with Crippen LogP contribution in [-0.2, 0) is 16.9 Å². The van der Waals surface area contributed by atoms with Gasteiger partial charge in [-0.3, -0.25) is 0 Å². The second kappa shape index (κ2) is 7.55. The molecule has 23 heavy (non-hydrogen) atoms. The third kappa shape index (κ3) is 6.05. The normalized spacial score (nSPS) is 15.8. The Morgan fingerprint density at radius 2 is 2.13 bits per heavy atom. The lowest BCUT2D eigenvalue weighted by Gasteiger charge is -2.39. The van der Waals surface area contributed by atoms with Gasteiger partial charge in [-0.2, -0.15) is 16.7 Å². The molecule has 0 aromatic carbocycles. The zero-order valence-corrected chi connectivity index (χ0v) is 15.5. The Kier molecular flexibility index (Phi) is 5.95. The molecule has 0 spiro atoms. The molecule has 0 aliphatic carbocycles. The summed E-state index contributed by atoms with van der Waals surface area (Å²) in [5.41, 5.74) is -0.447. The maximum absolute atomic E-state index is 11.9. The van der Waals surface area contributed by atoms with Gasteiger partial charge in [0.25, 0.3) is 0 Å². The van der Waals surface area contributed by atoms with Gasteiger partial charge in [0.2, 0.25) is 5.89 Å². The summed E-state index contributed by atoms with van der Waals surface area (Å²) in [7, 11) is 0. The molecule has 0 bridgehead atoms. The fourth-order valence-electron chi connectivity index (χ4n) is 2.24. The van der Waals surface area contributed by atoms with Crippen LogP contribution in [0.1, 0.15) is 46.3 Å². The molecule has 1 aromatic rings. The van der Waals surface area contributed by atoms with Gasteiger partial charge in [-0.1, -0.05) is 19.0 Å². The minimum atomic E-state index is -0.447. The number of amides is 1. The Labute approximate surface area is 142 Å². The van der Waals surface area contributed by atoms with Gasteiger partial charge in [-0.05, 0) is 32.4 Å². The van der Waals surface area contributed by atoms with Crippen LogP contribution in [0.15, 0.2) is 4.52 Å². The van der Waals surface area contributed by atoms with Gasteiger partial charge in [0.15, 0.2) is 5.82 Å². The first kappa shape index (κ1) is 18.1. The Bertz CT molecular complexity index is 519. The maximum Gasteiger partial charge on any atom is 0.410 e. The molecule has 7 heteroatoms. The Morgan fingerprint density at radius 1 is 1.43 bits per heavy atom. The zero-order valence-electron chi connectivity index (χ0n) is 14.7. The highest BCUT2D eigenvalue weighted by Gasteiger charge is 2.34. The summed E-state index contributed by atoms with van der Waals surface area (Å²) in [4.78, 5) is 18.0. The van der Waals surface area contributed by atoms with Crippen LogP contribution < -0.4 is 0 Å². The number of carbonyl (C=O) groups is 1. The highest BCUT2D eigenvalue weighted by Crippen LogP contribution is 2.23. The summed E-state index contributed by atoms with van der Waals surface area (Å²) in [5.74, 6) is 4.35. The molecule has 6 nitrogen and oxygen atoms in total. The van der Waals surface area contributed by atoms with E-state index in [0.717, 1.165) is 23.8 Å². The van der Waals surface area contributed by atoms with E-state index in [2.05, 4.69) is 24.0 Å². The van der Waals surface area contributed by atoms with Crippen molar-refractivity contribution in [2.45, 2.75) is 52.4 Å². The van der Waals surface area contributed by atoms with Gasteiger partial charge in [-0.15, -0.1) is 0 Å². The molecule has 1 saturated heterocycles. The molecule has 0 unspecified atom stereocenters. The molecule has 2 rings (SSSR count). The fourth-order valence-corrected chi connectivity index (χ4v) is 3.13. The monoisotopic (exact) mass is 341 g/mol. The highest BCUT2D eigenvalue weighted by molar-refractivity contribution is 7.98. The highest BCUT2D eigenvalue weighted by atomic mass is 32.2. The number of carbonyl (C=O) groups excluding carboxylic acids is 1. The average Bonchev–Trinajstić information content (AvgIpc) is 2.78. The average molecular weight is 341 g/mol. The number of rotatable bonds is 6. The van der Waals surface area contributed by atoms with Crippen molar-refractivity contribution in [3.63, 3.8) is 0 Å². The van der Waals surface area contributed by atoms with Gasteiger partial charge < -0.3 is 14.2 Å². The minimum Gasteiger partial charge on any atom is -0.444 e. The van der Waals surface area contributed by atoms with E-state index in [4.69, 9.17) is 9.26 Å². The van der Waals surface area contributed by atoms with Crippen molar-refractivity contribution in [2.75, 3.05) is 18.8 Å². The molecule has 1 amide bonds. The second-order valence-corrected chi connectivity index (χ2v) is 8.50. The van der Waals surface area contributed by atoms with Crippen LogP contribution in [0.3, 0.4) is 0 Å². The first-order valence-corrected chi connectivity index (χ1v) is 9.25. The Hall–Kier alpha value is -1.24. The van der Waals surface area contributed by atoms with E-state index in [9.17, 15) is 4.79 Å². The second-order valence-electron chi connectivity index (χ2n) is 7.47. The lowest BCUT2D eigenvalue weighted by atomic mass is 9.97. The summed E-state index contributed by atoms with van der Waals surface area (Å²) in [6.45, 7) is 11.4. The molecule has 1 fully saturated rings. The number of nitrogens with zero attached hydrogens (tertiary/aromatic N) is 3. The Balaban J connectivity index is 1.69. The summed E-state index contributed by atoms with van der Waals surface area (Å²) < 4.78 is 10.6. The molecule has 130 valence electrons. The van der Waals surface area contributed by atoms with Crippen molar-refractivity contribution in [1.82, 2.24) is 15.0 Å².